The zero-order valence-corrected chi connectivity index (χ0v) is 18.7. The Morgan fingerprint density at radius 3 is 2.84 bits per heavy atom. The summed E-state index contributed by atoms with van der Waals surface area (Å²) in [7, 11) is 0. The summed E-state index contributed by atoms with van der Waals surface area (Å²) in [5, 5.41) is 14.3. The molecular weight excluding hydrogens is 422 g/mol. The van der Waals surface area contributed by atoms with Crippen molar-refractivity contribution in [2.75, 3.05) is 26.3 Å². The molecule has 1 fully saturated rings. The SMILES string of the molecule is Cc1cccc2[nH]c(-c3nnc(CNC(=O)c4cccc(CN5CCOCC5)c4)s3)cc12. The zero-order chi connectivity index (χ0) is 21.9. The Labute approximate surface area is 190 Å². The van der Waals surface area contributed by atoms with E-state index in [1.165, 1.54) is 22.3 Å². The molecule has 1 aliphatic heterocycles. The minimum Gasteiger partial charge on any atom is -0.379 e. The smallest absolute Gasteiger partial charge is 0.251 e. The lowest BCUT2D eigenvalue weighted by Crippen LogP contribution is -2.35. The van der Waals surface area contributed by atoms with Crippen LogP contribution in [0.2, 0.25) is 0 Å². The van der Waals surface area contributed by atoms with Gasteiger partial charge in [0.15, 0.2) is 5.01 Å². The Kier molecular flexibility index (Phi) is 5.98. The molecule has 1 aliphatic rings. The highest BCUT2D eigenvalue weighted by molar-refractivity contribution is 7.14. The van der Waals surface area contributed by atoms with Gasteiger partial charge in [-0.25, -0.2) is 0 Å². The predicted molar refractivity (Wildman–Crippen MR) is 126 cm³/mol. The third-order valence-electron chi connectivity index (χ3n) is 5.68. The second-order valence-corrected chi connectivity index (χ2v) is 9.05. The number of nitrogens with one attached hydrogen (secondary N) is 2. The third kappa shape index (κ3) is 4.57. The van der Waals surface area contributed by atoms with E-state index in [1.54, 1.807) is 0 Å². The number of morpholine rings is 1. The number of nitrogens with zero attached hydrogens (tertiary/aromatic N) is 3. The van der Waals surface area contributed by atoms with Crippen LogP contribution in [0, 0.1) is 6.92 Å². The number of aromatic amines is 1. The largest absolute Gasteiger partial charge is 0.379 e. The second kappa shape index (κ2) is 9.20. The number of carbonyl (C=O) groups is 1. The summed E-state index contributed by atoms with van der Waals surface area (Å²) >= 11 is 1.48. The molecule has 0 saturated carbocycles. The van der Waals surface area contributed by atoms with Gasteiger partial charge in [-0.05, 0) is 42.3 Å². The van der Waals surface area contributed by atoms with Crippen LogP contribution in [-0.4, -0.2) is 52.3 Å². The van der Waals surface area contributed by atoms with Crippen molar-refractivity contribution in [3.63, 3.8) is 0 Å². The van der Waals surface area contributed by atoms with Crippen LogP contribution in [0.15, 0.2) is 48.5 Å². The Morgan fingerprint density at radius 2 is 2.00 bits per heavy atom. The fraction of sp³-hybridized carbons (Fsp3) is 0.292. The summed E-state index contributed by atoms with van der Waals surface area (Å²) in [6.07, 6.45) is 0. The quantitative estimate of drug-likeness (QED) is 0.470. The summed E-state index contributed by atoms with van der Waals surface area (Å²) < 4.78 is 5.41. The van der Waals surface area contributed by atoms with E-state index in [2.05, 4.69) is 56.6 Å². The standard InChI is InChI=1S/C24H25N5O2S/c1-16-4-2-7-20-19(16)13-21(26-20)24-28-27-22(32-24)14-25-23(30)18-6-3-5-17(12-18)15-29-8-10-31-11-9-29/h2-7,12-13,26H,8-11,14-15H2,1H3,(H,25,30). The first-order valence-electron chi connectivity index (χ1n) is 10.7. The predicted octanol–water partition coefficient (Wildman–Crippen LogP) is 3.76. The zero-order valence-electron chi connectivity index (χ0n) is 17.9. The Morgan fingerprint density at radius 1 is 1.16 bits per heavy atom. The van der Waals surface area contributed by atoms with E-state index in [-0.39, 0.29) is 5.91 Å². The maximum Gasteiger partial charge on any atom is 0.251 e. The molecule has 0 unspecified atom stereocenters. The molecule has 2 aromatic heterocycles. The Hall–Kier alpha value is -3.07. The van der Waals surface area contributed by atoms with E-state index in [0.29, 0.717) is 12.1 Å². The van der Waals surface area contributed by atoms with Gasteiger partial charge in [0.05, 0.1) is 25.5 Å². The molecule has 0 spiro atoms. The van der Waals surface area contributed by atoms with Gasteiger partial charge in [-0.3, -0.25) is 9.69 Å². The monoisotopic (exact) mass is 447 g/mol. The number of rotatable bonds is 6. The van der Waals surface area contributed by atoms with Gasteiger partial charge in [0.25, 0.3) is 5.91 Å². The number of hydrogen-bond acceptors (Lipinski definition) is 6. The number of fused-ring (bicyclic) bond motifs is 1. The topological polar surface area (TPSA) is 83.1 Å². The van der Waals surface area contributed by atoms with Crippen molar-refractivity contribution in [3.8, 4) is 10.7 Å². The fourth-order valence-corrected chi connectivity index (χ4v) is 4.69. The summed E-state index contributed by atoms with van der Waals surface area (Å²) in [5.74, 6) is -0.105. The number of hydrogen-bond donors (Lipinski definition) is 2. The first kappa shape index (κ1) is 20.8. The van der Waals surface area contributed by atoms with Crippen molar-refractivity contribution in [2.45, 2.75) is 20.0 Å². The molecule has 2 N–H and O–H groups in total. The van der Waals surface area contributed by atoms with Gasteiger partial charge >= 0.3 is 0 Å². The molecule has 0 radical (unpaired) electrons. The van der Waals surface area contributed by atoms with Gasteiger partial charge < -0.3 is 15.0 Å². The third-order valence-corrected chi connectivity index (χ3v) is 6.64. The molecule has 0 aliphatic carbocycles. The second-order valence-electron chi connectivity index (χ2n) is 7.99. The molecule has 0 atom stereocenters. The average Bonchev–Trinajstić information content (AvgIpc) is 3.46. The average molecular weight is 448 g/mol. The van der Waals surface area contributed by atoms with Crippen molar-refractivity contribution in [2.24, 2.45) is 0 Å². The minimum atomic E-state index is -0.105. The van der Waals surface area contributed by atoms with E-state index in [0.717, 1.165) is 59.6 Å². The van der Waals surface area contributed by atoms with E-state index >= 15 is 0 Å². The number of benzene rings is 2. The van der Waals surface area contributed by atoms with E-state index in [1.807, 2.05) is 24.3 Å². The molecule has 32 heavy (non-hydrogen) atoms. The van der Waals surface area contributed by atoms with Gasteiger partial charge in [-0.15, -0.1) is 10.2 Å². The van der Waals surface area contributed by atoms with Crippen molar-refractivity contribution in [1.82, 2.24) is 25.4 Å². The van der Waals surface area contributed by atoms with Gasteiger partial charge in [-0.1, -0.05) is 35.6 Å². The number of aromatic nitrogens is 3. The van der Waals surface area contributed by atoms with Crippen molar-refractivity contribution in [3.05, 3.63) is 70.2 Å². The van der Waals surface area contributed by atoms with Gasteiger partial charge in [0, 0.05) is 36.1 Å². The number of carbonyl (C=O) groups excluding carboxylic acids is 1. The lowest BCUT2D eigenvalue weighted by molar-refractivity contribution is 0.0342. The molecule has 1 saturated heterocycles. The van der Waals surface area contributed by atoms with E-state index in [4.69, 9.17) is 4.74 Å². The molecule has 4 aromatic rings. The van der Waals surface area contributed by atoms with Gasteiger partial charge in [0.2, 0.25) is 0 Å². The molecule has 7 nitrogen and oxygen atoms in total. The van der Waals surface area contributed by atoms with Gasteiger partial charge in [0.1, 0.15) is 5.01 Å². The first-order chi connectivity index (χ1) is 15.7. The van der Waals surface area contributed by atoms with Crippen LogP contribution in [-0.2, 0) is 17.8 Å². The highest BCUT2D eigenvalue weighted by Crippen LogP contribution is 2.28. The number of H-pyrrole nitrogens is 1. The minimum absolute atomic E-state index is 0.105. The normalized spacial score (nSPS) is 14.7. The van der Waals surface area contributed by atoms with Crippen molar-refractivity contribution in [1.29, 1.82) is 0 Å². The maximum absolute atomic E-state index is 12.7. The molecule has 5 rings (SSSR count). The maximum atomic E-state index is 12.7. The molecule has 1 amide bonds. The number of ether oxygens (including phenoxy) is 1. The van der Waals surface area contributed by atoms with Crippen LogP contribution >= 0.6 is 11.3 Å². The van der Waals surface area contributed by atoms with Crippen molar-refractivity contribution >= 4 is 28.1 Å². The summed E-state index contributed by atoms with van der Waals surface area (Å²) in [5.41, 5.74) is 5.04. The first-order valence-corrected chi connectivity index (χ1v) is 11.6. The lowest BCUT2D eigenvalue weighted by Gasteiger charge is -2.26. The van der Waals surface area contributed by atoms with Crippen LogP contribution < -0.4 is 5.32 Å². The number of amides is 1. The van der Waals surface area contributed by atoms with Gasteiger partial charge in [-0.2, -0.15) is 0 Å². The summed E-state index contributed by atoms with van der Waals surface area (Å²) in [4.78, 5) is 18.4. The van der Waals surface area contributed by atoms with E-state index < -0.39 is 0 Å². The Balaban J connectivity index is 1.22. The van der Waals surface area contributed by atoms with Crippen LogP contribution in [0.3, 0.4) is 0 Å². The van der Waals surface area contributed by atoms with Crippen LogP contribution in [0.4, 0.5) is 0 Å². The molecule has 2 aromatic carbocycles. The van der Waals surface area contributed by atoms with Crippen molar-refractivity contribution < 1.29 is 9.53 Å². The molecule has 3 heterocycles. The fourth-order valence-electron chi connectivity index (χ4n) is 3.94. The molecular formula is C24H25N5O2S. The highest BCUT2D eigenvalue weighted by atomic mass is 32.1. The summed E-state index contributed by atoms with van der Waals surface area (Å²) in [6.45, 7) is 6.65. The molecule has 164 valence electrons. The molecule has 0 bridgehead atoms. The van der Waals surface area contributed by atoms with E-state index in [9.17, 15) is 4.79 Å². The molecule has 8 heteroatoms. The van der Waals surface area contributed by atoms with Crippen LogP contribution in [0.25, 0.3) is 21.6 Å². The lowest BCUT2D eigenvalue weighted by atomic mass is 10.1. The Bertz CT molecular complexity index is 1240. The summed E-state index contributed by atoms with van der Waals surface area (Å²) in [6, 6.07) is 16.1. The van der Waals surface area contributed by atoms with Crippen LogP contribution in [0.5, 0.6) is 0 Å². The van der Waals surface area contributed by atoms with Crippen LogP contribution in [0.1, 0.15) is 26.5 Å². The highest BCUT2D eigenvalue weighted by Gasteiger charge is 2.14. The number of aryl methyl sites for hydroxylation is 1.